The van der Waals surface area contributed by atoms with Gasteiger partial charge in [0.25, 0.3) is 5.89 Å². The molecule has 186 valence electrons. The fraction of sp³-hybridized carbons (Fsp3) is 0.179. The molecule has 3 aromatic carbocycles. The summed E-state index contributed by atoms with van der Waals surface area (Å²) < 4.78 is 30.7. The molecule has 0 saturated carbocycles. The van der Waals surface area contributed by atoms with Gasteiger partial charge < -0.3 is 19.3 Å². The second-order valence-electron chi connectivity index (χ2n) is 8.82. The van der Waals surface area contributed by atoms with Crippen molar-refractivity contribution in [1.29, 1.82) is 0 Å². The second-order valence-corrected chi connectivity index (χ2v) is 8.82. The van der Waals surface area contributed by atoms with Gasteiger partial charge in [0.15, 0.2) is 11.5 Å². The van der Waals surface area contributed by atoms with Crippen LogP contribution in [0.3, 0.4) is 0 Å². The van der Waals surface area contributed by atoms with Crippen LogP contribution >= 0.6 is 0 Å². The van der Waals surface area contributed by atoms with E-state index in [-0.39, 0.29) is 18.7 Å². The number of hydrogen-bond donors (Lipinski definition) is 1. The van der Waals surface area contributed by atoms with E-state index in [4.69, 9.17) is 14.0 Å². The van der Waals surface area contributed by atoms with E-state index in [9.17, 15) is 9.18 Å². The maximum absolute atomic E-state index is 14.2. The molecular formula is C28H23FN4O4. The highest BCUT2D eigenvalue weighted by molar-refractivity contribution is 5.87. The van der Waals surface area contributed by atoms with Crippen LogP contribution in [0.1, 0.15) is 30.0 Å². The minimum absolute atomic E-state index is 0.163. The second kappa shape index (κ2) is 9.42. The molecule has 3 heterocycles. The van der Waals surface area contributed by atoms with Crippen LogP contribution in [-0.4, -0.2) is 34.4 Å². The molecule has 2 aliphatic heterocycles. The van der Waals surface area contributed by atoms with Crippen LogP contribution in [-0.2, 0) is 6.42 Å². The molecule has 2 amide bonds. The summed E-state index contributed by atoms with van der Waals surface area (Å²) >= 11 is 0. The van der Waals surface area contributed by atoms with Crippen molar-refractivity contribution in [3.8, 4) is 22.9 Å². The molecule has 37 heavy (non-hydrogen) atoms. The van der Waals surface area contributed by atoms with E-state index >= 15 is 0 Å². The number of nitrogens with zero attached hydrogens (tertiary/aromatic N) is 3. The molecule has 0 spiro atoms. The zero-order valence-corrected chi connectivity index (χ0v) is 20.0. The summed E-state index contributed by atoms with van der Waals surface area (Å²) in [7, 11) is 0. The van der Waals surface area contributed by atoms with E-state index in [1.807, 2.05) is 43.3 Å². The third-order valence-corrected chi connectivity index (χ3v) is 6.53. The van der Waals surface area contributed by atoms with E-state index in [0.29, 0.717) is 52.7 Å². The fourth-order valence-electron chi connectivity index (χ4n) is 4.64. The Balaban J connectivity index is 1.39. The average Bonchev–Trinajstić information content (AvgIpc) is 3.58. The average molecular weight is 499 g/mol. The van der Waals surface area contributed by atoms with Crippen molar-refractivity contribution >= 4 is 11.6 Å². The van der Waals surface area contributed by atoms with Crippen molar-refractivity contribution in [2.24, 2.45) is 0 Å². The Morgan fingerprint density at radius 3 is 2.70 bits per heavy atom. The molecular weight excluding hydrogens is 475 g/mol. The first kappa shape index (κ1) is 22.8. The van der Waals surface area contributed by atoms with Gasteiger partial charge in [-0.05, 0) is 54.8 Å². The van der Waals surface area contributed by atoms with E-state index in [2.05, 4.69) is 15.5 Å². The summed E-state index contributed by atoms with van der Waals surface area (Å²) in [4.78, 5) is 19.5. The molecule has 0 bridgehead atoms. The number of nitrogens with one attached hydrogen (secondary N) is 1. The molecule has 1 N–H and O–H groups in total. The number of urea groups is 1. The Morgan fingerprint density at radius 2 is 1.86 bits per heavy atom. The fourth-order valence-corrected chi connectivity index (χ4v) is 4.64. The van der Waals surface area contributed by atoms with Crippen LogP contribution in [0.4, 0.5) is 9.18 Å². The first-order chi connectivity index (χ1) is 18.1. The Morgan fingerprint density at radius 1 is 1.03 bits per heavy atom. The zero-order valence-electron chi connectivity index (χ0n) is 20.0. The maximum atomic E-state index is 14.2. The van der Waals surface area contributed by atoms with Crippen molar-refractivity contribution in [2.75, 3.05) is 13.3 Å². The van der Waals surface area contributed by atoms with Gasteiger partial charge in [-0.25, -0.2) is 9.18 Å². The molecule has 1 aromatic heterocycles. The van der Waals surface area contributed by atoms with Gasteiger partial charge in [0, 0.05) is 17.8 Å². The number of carbonyl (C=O) groups is 1. The van der Waals surface area contributed by atoms with Crippen molar-refractivity contribution < 1.29 is 23.2 Å². The van der Waals surface area contributed by atoms with Gasteiger partial charge in [0.2, 0.25) is 12.6 Å². The Bertz CT molecular complexity index is 1500. The Kier molecular flexibility index (Phi) is 5.80. The molecule has 0 fully saturated rings. The summed E-state index contributed by atoms with van der Waals surface area (Å²) in [5, 5.41) is 7.19. The lowest BCUT2D eigenvalue weighted by Crippen LogP contribution is -2.46. The number of carbonyl (C=O) groups excluding carboxylic acids is 1. The lowest BCUT2D eigenvalue weighted by atomic mass is 9.94. The lowest BCUT2D eigenvalue weighted by Gasteiger charge is -2.35. The van der Waals surface area contributed by atoms with Crippen LogP contribution in [0.25, 0.3) is 17.0 Å². The minimum Gasteiger partial charge on any atom is -0.454 e. The first-order valence-corrected chi connectivity index (χ1v) is 11.9. The number of ether oxygens (including phenoxy) is 2. The standard InChI is InChI=1S/C28H23FN4O4/c1-17-24(27-31-26(32-37-27)20-10-11-22-23(15-20)36-16-35-22)25(19-8-5-9-21(29)14-19)30-28(34)33(17)13-12-18-6-3-2-4-7-18/h2-11,14-15,25H,12-13,16H2,1H3,(H,30,34). The smallest absolute Gasteiger partial charge is 0.322 e. The molecule has 1 unspecified atom stereocenters. The Labute approximate surface area is 212 Å². The van der Waals surface area contributed by atoms with Crippen LogP contribution < -0.4 is 14.8 Å². The highest BCUT2D eigenvalue weighted by atomic mass is 19.1. The lowest BCUT2D eigenvalue weighted by molar-refractivity contribution is 0.174. The largest absolute Gasteiger partial charge is 0.454 e. The molecule has 9 heteroatoms. The summed E-state index contributed by atoms with van der Waals surface area (Å²) in [5.41, 5.74) is 3.65. The van der Waals surface area contributed by atoms with Gasteiger partial charge in [0.05, 0.1) is 11.6 Å². The number of hydrogen-bond acceptors (Lipinski definition) is 6. The summed E-state index contributed by atoms with van der Waals surface area (Å²) in [6, 6.07) is 20.5. The third-order valence-electron chi connectivity index (χ3n) is 6.53. The van der Waals surface area contributed by atoms with E-state index < -0.39 is 11.9 Å². The predicted octanol–water partition coefficient (Wildman–Crippen LogP) is 5.34. The molecule has 0 saturated heterocycles. The van der Waals surface area contributed by atoms with Gasteiger partial charge >= 0.3 is 6.03 Å². The topological polar surface area (TPSA) is 89.7 Å². The monoisotopic (exact) mass is 498 g/mol. The van der Waals surface area contributed by atoms with Gasteiger partial charge in [0.1, 0.15) is 5.82 Å². The zero-order chi connectivity index (χ0) is 25.4. The third kappa shape index (κ3) is 4.40. The van der Waals surface area contributed by atoms with Crippen LogP contribution in [0.2, 0.25) is 0 Å². The molecule has 2 aliphatic rings. The van der Waals surface area contributed by atoms with E-state index in [1.165, 1.54) is 12.1 Å². The van der Waals surface area contributed by atoms with Gasteiger partial charge in [-0.15, -0.1) is 0 Å². The van der Waals surface area contributed by atoms with Crippen molar-refractivity contribution in [3.63, 3.8) is 0 Å². The van der Waals surface area contributed by atoms with Crippen molar-refractivity contribution in [3.05, 3.63) is 101 Å². The Hall–Kier alpha value is -4.66. The number of aromatic nitrogens is 2. The molecule has 8 nitrogen and oxygen atoms in total. The van der Waals surface area contributed by atoms with Crippen LogP contribution in [0, 0.1) is 5.82 Å². The van der Waals surface area contributed by atoms with Gasteiger partial charge in [-0.3, -0.25) is 4.90 Å². The van der Waals surface area contributed by atoms with E-state index in [1.54, 1.807) is 29.2 Å². The highest BCUT2D eigenvalue weighted by Crippen LogP contribution is 2.39. The summed E-state index contributed by atoms with van der Waals surface area (Å²) in [5.74, 6) is 1.46. The van der Waals surface area contributed by atoms with E-state index in [0.717, 1.165) is 5.56 Å². The molecule has 1 atom stereocenters. The van der Waals surface area contributed by atoms with Crippen LogP contribution in [0.15, 0.2) is 83.0 Å². The number of allylic oxidation sites excluding steroid dienone is 1. The first-order valence-electron chi connectivity index (χ1n) is 11.9. The number of benzene rings is 3. The van der Waals surface area contributed by atoms with Crippen molar-refractivity contribution in [2.45, 2.75) is 19.4 Å². The van der Waals surface area contributed by atoms with Gasteiger partial charge in [-0.2, -0.15) is 4.98 Å². The van der Waals surface area contributed by atoms with Gasteiger partial charge in [-0.1, -0.05) is 47.6 Å². The maximum Gasteiger partial charge on any atom is 0.322 e. The number of halogens is 1. The number of fused-ring (bicyclic) bond motifs is 1. The number of rotatable bonds is 6. The quantitative estimate of drug-likeness (QED) is 0.386. The predicted molar refractivity (Wildman–Crippen MR) is 133 cm³/mol. The minimum atomic E-state index is -0.666. The molecule has 4 aromatic rings. The van der Waals surface area contributed by atoms with Crippen LogP contribution in [0.5, 0.6) is 11.5 Å². The normalized spacial score (nSPS) is 16.8. The molecule has 0 aliphatic carbocycles. The highest BCUT2D eigenvalue weighted by Gasteiger charge is 2.36. The SMILES string of the molecule is CC1=C(c2nc(-c3ccc4c(c3)OCO4)no2)C(c2cccc(F)c2)NC(=O)N1CCc1ccccc1. The van der Waals surface area contributed by atoms with Crippen molar-refractivity contribution in [1.82, 2.24) is 20.4 Å². The number of amides is 2. The molecule has 0 radical (unpaired) electrons. The summed E-state index contributed by atoms with van der Waals surface area (Å²) in [6.45, 7) is 2.45. The summed E-state index contributed by atoms with van der Waals surface area (Å²) in [6.07, 6.45) is 0.662. The molecule has 6 rings (SSSR count).